The number of aliphatic carboxylic acids is 1. The molecule has 0 heterocycles. The van der Waals surface area contributed by atoms with Crippen LogP contribution in [0.25, 0.3) is 0 Å². The maximum Gasteiger partial charge on any atom is 0.322 e. The van der Waals surface area contributed by atoms with Crippen LogP contribution < -0.4 is 10.6 Å². The molecule has 0 bridgehead atoms. The van der Waals surface area contributed by atoms with Gasteiger partial charge < -0.3 is 15.7 Å². The van der Waals surface area contributed by atoms with Crippen LogP contribution in [0.4, 0.5) is 0 Å². The van der Waals surface area contributed by atoms with Gasteiger partial charge in [-0.3, -0.25) is 14.4 Å². The quantitative estimate of drug-likeness (QED) is 0.563. The topological polar surface area (TPSA) is 95.5 Å². The highest BCUT2D eigenvalue weighted by Crippen LogP contribution is 2.37. The zero-order valence-corrected chi connectivity index (χ0v) is 9.16. The van der Waals surface area contributed by atoms with Gasteiger partial charge in [-0.1, -0.05) is 6.92 Å². The van der Waals surface area contributed by atoms with Crippen molar-refractivity contribution in [2.24, 2.45) is 11.8 Å². The highest BCUT2D eigenvalue weighted by Gasteiger charge is 2.38. The molecule has 0 saturated heterocycles. The SMILES string of the molecule is CC1CC1C(=O)NCCC(=O)NCC(=O)O. The van der Waals surface area contributed by atoms with E-state index in [1.165, 1.54) is 0 Å². The summed E-state index contributed by atoms with van der Waals surface area (Å²) in [7, 11) is 0. The first-order chi connectivity index (χ1) is 7.50. The van der Waals surface area contributed by atoms with Gasteiger partial charge in [0.15, 0.2) is 0 Å². The van der Waals surface area contributed by atoms with Crippen molar-refractivity contribution in [1.29, 1.82) is 0 Å². The van der Waals surface area contributed by atoms with E-state index in [0.29, 0.717) is 5.92 Å². The molecule has 3 N–H and O–H groups in total. The molecule has 1 fully saturated rings. The fourth-order valence-electron chi connectivity index (χ4n) is 1.38. The molecule has 1 aliphatic rings. The van der Waals surface area contributed by atoms with Crippen LogP contribution in [0.2, 0.25) is 0 Å². The van der Waals surface area contributed by atoms with Crippen molar-refractivity contribution in [2.45, 2.75) is 19.8 Å². The molecular formula is C10H16N2O4. The van der Waals surface area contributed by atoms with E-state index in [9.17, 15) is 14.4 Å². The van der Waals surface area contributed by atoms with Gasteiger partial charge in [0.25, 0.3) is 0 Å². The number of carboxylic acids is 1. The second kappa shape index (κ2) is 5.48. The molecule has 0 aromatic heterocycles. The van der Waals surface area contributed by atoms with Crippen LogP contribution in [0, 0.1) is 11.8 Å². The van der Waals surface area contributed by atoms with Gasteiger partial charge in [-0.15, -0.1) is 0 Å². The lowest BCUT2D eigenvalue weighted by atomic mass is 10.3. The number of nitrogens with one attached hydrogen (secondary N) is 2. The van der Waals surface area contributed by atoms with Crippen LogP contribution in [0.1, 0.15) is 19.8 Å². The molecule has 0 aliphatic heterocycles. The maximum atomic E-state index is 11.3. The van der Waals surface area contributed by atoms with E-state index < -0.39 is 5.97 Å². The van der Waals surface area contributed by atoms with Gasteiger partial charge in [-0.2, -0.15) is 0 Å². The molecule has 16 heavy (non-hydrogen) atoms. The van der Waals surface area contributed by atoms with Gasteiger partial charge in [-0.25, -0.2) is 0 Å². The molecule has 2 unspecified atom stereocenters. The van der Waals surface area contributed by atoms with Gasteiger partial charge in [0, 0.05) is 18.9 Å². The highest BCUT2D eigenvalue weighted by molar-refractivity contribution is 5.83. The molecular weight excluding hydrogens is 212 g/mol. The summed E-state index contributed by atoms with van der Waals surface area (Å²) in [5.41, 5.74) is 0. The lowest BCUT2D eigenvalue weighted by Crippen LogP contribution is -2.33. The van der Waals surface area contributed by atoms with Gasteiger partial charge in [0.05, 0.1) is 0 Å². The number of carbonyl (C=O) groups is 3. The monoisotopic (exact) mass is 228 g/mol. The molecule has 1 aliphatic carbocycles. The van der Waals surface area contributed by atoms with Crippen molar-refractivity contribution in [3.05, 3.63) is 0 Å². The minimum atomic E-state index is -1.08. The Morgan fingerprint density at radius 3 is 2.44 bits per heavy atom. The molecule has 2 amide bonds. The zero-order valence-electron chi connectivity index (χ0n) is 9.16. The molecule has 6 heteroatoms. The molecule has 0 aromatic rings. The van der Waals surface area contributed by atoms with Crippen LogP contribution in [0.3, 0.4) is 0 Å². The van der Waals surface area contributed by atoms with Gasteiger partial charge in [0.1, 0.15) is 6.54 Å². The van der Waals surface area contributed by atoms with Gasteiger partial charge >= 0.3 is 5.97 Å². The Morgan fingerprint density at radius 2 is 1.94 bits per heavy atom. The van der Waals surface area contributed by atoms with Crippen molar-refractivity contribution in [3.63, 3.8) is 0 Å². The van der Waals surface area contributed by atoms with Crippen molar-refractivity contribution < 1.29 is 19.5 Å². The Bertz CT molecular complexity index is 303. The fourth-order valence-corrected chi connectivity index (χ4v) is 1.38. The molecule has 0 aromatic carbocycles. The van der Waals surface area contributed by atoms with Crippen LogP contribution in [-0.2, 0) is 14.4 Å². The smallest absolute Gasteiger partial charge is 0.322 e. The number of carbonyl (C=O) groups excluding carboxylic acids is 2. The third-order valence-electron chi connectivity index (χ3n) is 2.53. The van der Waals surface area contributed by atoms with Crippen molar-refractivity contribution in [1.82, 2.24) is 10.6 Å². The van der Waals surface area contributed by atoms with Crippen LogP contribution in [-0.4, -0.2) is 36.0 Å². The minimum absolute atomic E-state index is 0.0152. The maximum absolute atomic E-state index is 11.3. The summed E-state index contributed by atoms with van der Waals surface area (Å²) in [4.78, 5) is 32.5. The van der Waals surface area contributed by atoms with E-state index in [1.807, 2.05) is 6.92 Å². The van der Waals surface area contributed by atoms with E-state index in [1.54, 1.807) is 0 Å². The van der Waals surface area contributed by atoms with E-state index in [0.717, 1.165) is 6.42 Å². The lowest BCUT2D eigenvalue weighted by Gasteiger charge is -2.04. The lowest BCUT2D eigenvalue weighted by molar-refractivity contribution is -0.138. The average molecular weight is 228 g/mol. The standard InChI is InChI=1S/C10H16N2O4/c1-6-4-7(6)10(16)11-3-2-8(13)12-5-9(14)15/h6-7H,2-5H2,1H3,(H,11,16)(H,12,13)(H,14,15). The Kier molecular flexibility index (Phi) is 4.28. The van der Waals surface area contributed by atoms with Gasteiger partial charge in [0.2, 0.25) is 11.8 Å². The zero-order chi connectivity index (χ0) is 12.1. The average Bonchev–Trinajstić information content (AvgIpc) is 2.92. The minimum Gasteiger partial charge on any atom is -0.480 e. The predicted molar refractivity (Wildman–Crippen MR) is 55.5 cm³/mol. The van der Waals surface area contributed by atoms with E-state index in [-0.39, 0.29) is 37.2 Å². The van der Waals surface area contributed by atoms with Crippen LogP contribution >= 0.6 is 0 Å². The third kappa shape index (κ3) is 4.29. The normalized spacial score (nSPS) is 22.3. The number of hydrogen-bond acceptors (Lipinski definition) is 3. The molecule has 0 spiro atoms. The third-order valence-corrected chi connectivity index (χ3v) is 2.53. The Balaban J connectivity index is 2.04. The molecule has 0 radical (unpaired) electrons. The highest BCUT2D eigenvalue weighted by atomic mass is 16.4. The van der Waals surface area contributed by atoms with Crippen LogP contribution in [0.5, 0.6) is 0 Å². The second-order valence-corrected chi connectivity index (χ2v) is 4.03. The molecule has 6 nitrogen and oxygen atoms in total. The fraction of sp³-hybridized carbons (Fsp3) is 0.700. The number of hydrogen-bond donors (Lipinski definition) is 3. The van der Waals surface area contributed by atoms with Crippen molar-refractivity contribution in [3.8, 4) is 0 Å². The molecule has 90 valence electrons. The summed E-state index contributed by atoms with van der Waals surface area (Å²) in [6, 6.07) is 0. The van der Waals surface area contributed by atoms with E-state index in [2.05, 4.69) is 10.6 Å². The Hall–Kier alpha value is -1.59. The van der Waals surface area contributed by atoms with E-state index in [4.69, 9.17) is 5.11 Å². The van der Waals surface area contributed by atoms with Gasteiger partial charge in [-0.05, 0) is 12.3 Å². The predicted octanol–water partition coefficient (Wildman–Crippen LogP) is -0.650. The summed E-state index contributed by atoms with van der Waals surface area (Å²) in [6.45, 7) is 1.88. The molecule has 1 saturated carbocycles. The first-order valence-electron chi connectivity index (χ1n) is 5.27. The van der Waals surface area contributed by atoms with Crippen molar-refractivity contribution >= 4 is 17.8 Å². The number of amides is 2. The second-order valence-electron chi connectivity index (χ2n) is 4.03. The largest absolute Gasteiger partial charge is 0.480 e. The summed E-state index contributed by atoms with van der Waals surface area (Å²) in [6.07, 6.45) is 1.02. The summed E-state index contributed by atoms with van der Waals surface area (Å²) in [5.74, 6) is -0.919. The summed E-state index contributed by atoms with van der Waals surface area (Å²) in [5, 5.41) is 13.2. The summed E-state index contributed by atoms with van der Waals surface area (Å²) < 4.78 is 0. The molecule has 1 rings (SSSR count). The summed E-state index contributed by atoms with van der Waals surface area (Å²) >= 11 is 0. The Morgan fingerprint density at radius 1 is 1.31 bits per heavy atom. The number of carboxylic acid groups (broad SMARTS) is 1. The first kappa shape index (κ1) is 12.5. The number of rotatable bonds is 6. The first-order valence-corrected chi connectivity index (χ1v) is 5.27. The van der Waals surface area contributed by atoms with Crippen molar-refractivity contribution in [2.75, 3.05) is 13.1 Å². The Labute approximate surface area is 93.4 Å². The molecule has 2 atom stereocenters. The van der Waals surface area contributed by atoms with E-state index >= 15 is 0 Å². The van der Waals surface area contributed by atoms with Crippen LogP contribution in [0.15, 0.2) is 0 Å².